The van der Waals surface area contributed by atoms with Gasteiger partial charge in [-0.3, -0.25) is 0 Å². The Bertz CT molecular complexity index is 490. The van der Waals surface area contributed by atoms with Crippen molar-refractivity contribution in [1.29, 1.82) is 0 Å². The summed E-state index contributed by atoms with van der Waals surface area (Å²) >= 11 is 0. The molecule has 0 unspecified atom stereocenters. The van der Waals surface area contributed by atoms with Crippen LogP contribution in [-0.2, 0) is 6.54 Å². The van der Waals surface area contributed by atoms with Crippen molar-refractivity contribution in [3.63, 3.8) is 0 Å². The number of aromatic hydroxyl groups is 1. The summed E-state index contributed by atoms with van der Waals surface area (Å²) in [5.41, 5.74) is 1.09. The molecule has 0 aliphatic carbocycles. The molecule has 0 radical (unpaired) electrons. The highest BCUT2D eigenvalue weighted by Gasteiger charge is 2.21. The van der Waals surface area contributed by atoms with Crippen LogP contribution in [-0.4, -0.2) is 47.7 Å². The van der Waals surface area contributed by atoms with Crippen LogP contribution in [0.2, 0.25) is 0 Å². The van der Waals surface area contributed by atoms with Crippen molar-refractivity contribution in [3.8, 4) is 5.75 Å². The predicted molar refractivity (Wildman–Crippen MR) is 95.8 cm³/mol. The third kappa shape index (κ3) is 5.75. The first-order valence-electron chi connectivity index (χ1n) is 8.65. The molecule has 0 aromatic heterocycles. The van der Waals surface area contributed by atoms with Gasteiger partial charge < -0.3 is 20.6 Å². The molecule has 0 spiro atoms. The molecule has 1 aromatic rings. The molecule has 3 N–H and O–H groups in total. The molecular weight excluding hydrogens is 288 g/mol. The van der Waals surface area contributed by atoms with E-state index in [4.69, 9.17) is 0 Å². The minimum atomic E-state index is 0.291. The lowest BCUT2D eigenvalue weighted by atomic mass is 10.0. The quantitative estimate of drug-likeness (QED) is 0.576. The zero-order valence-electron chi connectivity index (χ0n) is 14.5. The van der Waals surface area contributed by atoms with E-state index in [2.05, 4.69) is 41.3 Å². The molecule has 2 rings (SSSR count). The second kappa shape index (κ2) is 8.77. The maximum atomic E-state index is 9.33. The summed E-state index contributed by atoms with van der Waals surface area (Å²) in [6.45, 7) is 10.4. The van der Waals surface area contributed by atoms with Crippen LogP contribution in [0.3, 0.4) is 0 Å². The molecule has 1 heterocycles. The number of hydrogen-bond donors (Lipinski definition) is 3. The van der Waals surface area contributed by atoms with Crippen molar-refractivity contribution in [2.75, 3.05) is 19.6 Å². The van der Waals surface area contributed by atoms with Gasteiger partial charge in [-0.1, -0.05) is 12.1 Å². The minimum absolute atomic E-state index is 0.291. The molecule has 0 atom stereocenters. The zero-order valence-corrected chi connectivity index (χ0v) is 14.5. The number of likely N-dealkylation sites (tertiary alicyclic amines) is 1. The first-order chi connectivity index (χ1) is 11.1. The van der Waals surface area contributed by atoms with Gasteiger partial charge in [0, 0.05) is 31.7 Å². The van der Waals surface area contributed by atoms with Crippen molar-refractivity contribution in [2.24, 2.45) is 4.99 Å². The Kier molecular flexibility index (Phi) is 6.71. The summed E-state index contributed by atoms with van der Waals surface area (Å²) in [5.74, 6) is 1.17. The van der Waals surface area contributed by atoms with Gasteiger partial charge in [-0.15, -0.1) is 0 Å². The van der Waals surface area contributed by atoms with Gasteiger partial charge in [-0.2, -0.15) is 0 Å². The van der Waals surface area contributed by atoms with E-state index in [-0.39, 0.29) is 0 Å². The number of phenolic OH excluding ortho intramolecular Hbond substituents is 1. The number of phenols is 1. The monoisotopic (exact) mass is 318 g/mol. The van der Waals surface area contributed by atoms with Gasteiger partial charge in [0.2, 0.25) is 0 Å². The first kappa shape index (κ1) is 17.6. The molecule has 1 aliphatic rings. The van der Waals surface area contributed by atoms with E-state index < -0.39 is 0 Å². The fraction of sp³-hybridized carbons (Fsp3) is 0.611. The van der Waals surface area contributed by atoms with Crippen molar-refractivity contribution < 1.29 is 5.11 Å². The SMILES string of the molecule is CCNC(=NCc1ccc(O)cc1)NC1CCN(C(C)C)CC1. The Morgan fingerprint density at radius 2 is 1.91 bits per heavy atom. The second-order valence-corrected chi connectivity index (χ2v) is 6.41. The number of piperidine rings is 1. The van der Waals surface area contributed by atoms with Gasteiger partial charge in [0.15, 0.2) is 5.96 Å². The molecule has 128 valence electrons. The summed E-state index contributed by atoms with van der Waals surface area (Å²) in [5, 5.41) is 16.2. The fourth-order valence-corrected chi connectivity index (χ4v) is 2.85. The van der Waals surface area contributed by atoms with E-state index in [0.29, 0.717) is 24.4 Å². The van der Waals surface area contributed by atoms with E-state index in [0.717, 1.165) is 44.0 Å². The molecule has 0 bridgehead atoms. The average Bonchev–Trinajstić information content (AvgIpc) is 2.55. The van der Waals surface area contributed by atoms with E-state index >= 15 is 0 Å². The minimum Gasteiger partial charge on any atom is -0.508 e. The number of rotatable bonds is 5. The topological polar surface area (TPSA) is 59.9 Å². The molecule has 1 aliphatic heterocycles. The lowest BCUT2D eigenvalue weighted by Gasteiger charge is -2.35. The molecule has 1 saturated heterocycles. The molecule has 1 aromatic carbocycles. The number of nitrogens with zero attached hydrogens (tertiary/aromatic N) is 2. The van der Waals surface area contributed by atoms with E-state index in [1.165, 1.54) is 0 Å². The lowest BCUT2D eigenvalue weighted by Crippen LogP contribution is -2.49. The highest BCUT2D eigenvalue weighted by atomic mass is 16.3. The van der Waals surface area contributed by atoms with Crippen LogP contribution in [0.5, 0.6) is 5.75 Å². The first-order valence-corrected chi connectivity index (χ1v) is 8.65. The van der Waals surface area contributed by atoms with E-state index in [1.807, 2.05) is 12.1 Å². The molecule has 1 fully saturated rings. The smallest absolute Gasteiger partial charge is 0.191 e. The van der Waals surface area contributed by atoms with Crippen LogP contribution in [0, 0.1) is 0 Å². The number of hydrogen-bond acceptors (Lipinski definition) is 3. The van der Waals surface area contributed by atoms with Crippen LogP contribution in [0.1, 0.15) is 39.2 Å². The molecule has 23 heavy (non-hydrogen) atoms. The van der Waals surface area contributed by atoms with Crippen LogP contribution < -0.4 is 10.6 Å². The van der Waals surface area contributed by atoms with Gasteiger partial charge in [0.05, 0.1) is 6.54 Å². The number of guanidine groups is 1. The van der Waals surface area contributed by atoms with Gasteiger partial charge in [-0.05, 0) is 51.3 Å². The molecule has 5 nitrogen and oxygen atoms in total. The van der Waals surface area contributed by atoms with Gasteiger partial charge in [0.25, 0.3) is 0 Å². The van der Waals surface area contributed by atoms with Crippen LogP contribution >= 0.6 is 0 Å². The second-order valence-electron chi connectivity index (χ2n) is 6.41. The van der Waals surface area contributed by atoms with Crippen molar-refractivity contribution >= 4 is 5.96 Å². The fourth-order valence-electron chi connectivity index (χ4n) is 2.85. The number of benzene rings is 1. The van der Waals surface area contributed by atoms with Crippen molar-refractivity contribution in [1.82, 2.24) is 15.5 Å². The van der Waals surface area contributed by atoms with E-state index in [9.17, 15) is 5.11 Å². The maximum Gasteiger partial charge on any atom is 0.191 e. The normalized spacial score (nSPS) is 17.5. The highest BCUT2D eigenvalue weighted by molar-refractivity contribution is 5.80. The highest BCUT2D eigenvalue weighted by Crippen LogP contribution is 2.13. The summed E-state index contributed by atoms with van der Waals surface area (Å²) in [4.78, 5) is 7.19. The van der Waals surface area contributed by atoms with Crippen molar-refractivity contribution in [2.45, 2.75) is 52.2 Å². The lowest BCUT2D eigenvalue weighted by molar-refractivity contribution is 0.167. The summed E-state index contributed by atoms with van der Waals surface area (Å²) < 4.78 is 0. The van der Waals surface area contributed by atoms with Gasteiger partial charge in [-0.25, -0.2) is 4.99 Å². The van der Waals surface area contributed by atoms with Gasteiger partial charge in [0.1, 0.15) is 5.75 Å². The standard InChI is InChI=1S/C18H30N4O/c1-4-19-18(20-13-15-5-7-17(23)8-6-15)21-16-9-11-22(12-10-16)14(2)3/h5-8,14,16,23H,4,9-13H2,1-3H3,(H2,19,20,21). The Labute approximate surface area is 139 Å². The van der Waals surface area contributed by atoms with E-state index in [1.54, 1.807) is 12.1 Å². The maximum absolute atomic E-state index is 9.33. The summed E-state index contributed by atoms with van der Waals surface area (Å²) in [7, 11) is 0. The predicted octanol–water partition coefficient (Wildman–Crippen LogP) is 2.32. The molecule has 0 amide bonds. The van der Waals surface area contributed by atoms with Crippen LogP contribution in [0.4, 0.5) is 0 Å². The molecule has 0 saturated carbocycles. The van der Waals surface area contributed by atoms with Gasteiger partial charge >= 0.3 is 0 Å². The number of aliphatic imine (C=N–C) groups is 1. The molecule has 5 heteroatoms. The average molecular weight is 318 g/mol. The zero-order chi connectivity index (χ0) is 16.7. The van der Waals surface area contributed by atoms with Crippen molar-refractivity contribution in [3.05, 3.63) is 29.8 Å². The van der Waals surface area contributed by atoms with Crippen LogP contribution in [0.15, 0.2) is 29.3 Å². The Morgan fingerprint density at radius 1 is 1.26 bits per heavy atom. The summed E-state index contributed by atoms with van der Waals surface area (Å²) in [6, 6.07) is 8.34. The number of nitrogens with one attached hydrogen (secondary N) is 2. The Balaban J connectivity index is 1.88. The largest absolute Gasteiger partial charge is 0.508 e. The molecular formula is C18H30N4O. The summed E-state index contributed by atoms with van der Waals surface area (Å²) in [6.07, 6.45) is 2.31. The third-order valence-corrected chi connectivity index (χ3v) is 4.30. The third-order valence-electron chi connectivity index (χ3n) is 4.30. The Hall–Kier alpha value is -1.75. The Morgan fingerprint density at radius 3 is 2.48 bits per heavy atom. The van der Waals surface area contributed by atoms with Crippen LogP contribution in [0.25, 0.3) is 0 Å².